The van der Waals surface area contributed by atoms with E-state index in [-0.39, 0.29) is 17.4 Å². The van der Waals surface area contributed by atoms with Gasteiger partial charge in [0.05, 0.1) is 17.8 Å². The molecule has 0 N–H and O–H groups in total. The lowest BCUT2D eigenvalue weighted by atomic mass is 10.2. The minimum absolute atomic E-state index is 0.176. The summed E-state index contributed by atoms with van der Waals surface area (Å²) in [6.07, 6.45) is 1.39. The highest BCUT2D eigenvalue weighted by Gasteiger charge is 2.24. The van der Waals surface area contributed by atoms with Crippen molar-refractivity contribution in [1.29, 1.82) is 5.26 Å². The summed E-state index contributed by atoms with van der Waals surface area (Å²) in [5.41, 5.74) is 1.37. The van der Waals surface area contributed by atoms with Gasteiger partial charge in [0.15, 0.2) is 4.21 Å². The SMILES string of the molecule is CN(CCOc1cccc(C#N)c1)S(=O)(=O)c1cnc(-c2ccccc2)s1. The van der Waals surface area contributed by atoms with E-state index in [2.05, 4.69) is 4.98 Å². The van der Waals surface area contributed by atoms with Gasteiger partial charge in [0.2, 0.25) is 0 Å². The summed E-state index contributed by atoms with van der Waals surface area (Å²) in [7, 11) is -2.13. The number of hydrogen-bond donors (Lipinski definition) is 0. The van der Waals surface area contributed by atoms with Crippen molar-refractivity contribution in [2.45, 2.75) is 4.21 Å². The standard InChI is InChI=1S/C19H17N3O3S2/c1-22(10-11-25-17-9-5-6-15(12-17)13-20)27(23,24)18-14-21-19(26-18)16-7-3-2-4-8-16/h2-9,12,14H,10-11H2,1H3. The highest BCUT2D eigenvalue weighted by molar-refractivity contribution is 7.91. The number of likely N-dealkylation sites (N-methyl/N-ethyl adjacent to an activating group) is 1. The Morgan fingerprint density at radius 2 is 1.96 bits per heavy atom. The Labute approximate surface area is 162 Å². The highest BCUT2D eigenvalue weighted by Crippen LogP contribution is 2.29. The first-order chi connectivity index (χ1) is 13.0. The third-order valence-electron chi connectivity index (χ3n) is 3.81. The molecule has 0 amide bonds. The molecule has 0 aliphatic carbocycles. The summed E-state index contributed by atoms with van der Waals surface area (Å²) in [6, 6.07) is 18.2. The van der Waals surface area contributed by atoms with E-state index in [0.29, 0.717) is 16.3 Å². The number of hydrogen-bond acceptors (Lipinski definition) is 6. The topological polar surface area (TPSA) is 83.3 Å². The molecule has 1 aromatic heterocycles. The molecule has 1 heterocycles. The van der Waals surface area contributed by atoms with Crippen LogP contribution in [-0.4, -0.2) is 37.9 Å². The van der Waals surface area contributed by atoms with Gasteiger partial charge in [-0.15, -0.1) is 11.3 Å². The van der Waals surface area contributed by atoms with E-state index in [1.807, 2.05) is 36.4 Å². The number of benzene rings is 2. The molecule has 3 aromatic rings. The van der Waals surface area contributed by atoms with Crippen LogP contribution in [0.25, 0.3) is 10.6 Å². The quantitative estimate of drug-likeness (QED) is 0.608. The maximum atomic E-state index is 12.7. The van der Waals surface area contributed by atoms with Gasteiger partial charge in [-0.2, -0.15) is 9.57 Å². The fourth-order valence-electron chi connectivity index (χ4n) is 2.31. The fraction of sp³-hybridized carbons (Fsp3) is 0.158. The molecule has 0 saturated heterocycles. The van der Waals surface area contributed by atoms with Gasteiger partial charge in [-0.05, 0) is 18.2 Å². The van der Waals surface area contributed by atoms with Crippen molar-refractivity contribution >= 4 is 21.4 Å². The minimum atomic E-state index is -3.64. The van der Waals surface area contributed by atoms with Crippen LogP contribution in [0, 0.1) is 11.3 Å². The summed E-state index contributed by atoms with van der Waals surface area (Å²) in [5.74, 6) is 0.531. The molecule has 0 atom stereocenters. The summed E-state index contributed by atoms with van der Waals surface area (Å²) in [5, 5.41) is 9.55. The van der Waals surface area contributed by atoms with Crippen LogP contribution in [0.1, 0.15) is 5.56 Å². The number of aromatic nitrogens is 1. The molecular weight excluding hydrogens is 382 g/mol. The molecule has 0 fully saturated rings. The van der Waals surface area contributed by atoms with Gasteiger partial charge >= 0.3 is 0 Å². The second-order valence-corrected chi connectivity index (χ2v) is 8.97. The van der Waals surface area contributed by atoms with E-state index >= 15 is 0 Å². The van der Waals surface area contributed by atoms with E-state index < -0.39 is 10.0 Å². The molecule has 0 aliphatic rings. The molecule has 8 heteroatoms. The Balaban J connectivity index is 1.64. The van der Waals surface area contributed by atoms with Crippen LogP contribution in [0.2, 0.25) is 0 Å². The summed E-state index contributed by atoms with van der Waals surface area (Å²) in [6.45, 7) is 0.354. The molecular formula is C19H17N3O3S2. The van der Waals surface area contributed by atoms with Gasteiger partial charge in [0, 0.05) is 19.2 Å². The third-order valence-corrected chi connectivity index (χ3v) is 7.15. The van der Waals surface area contributed by atoms with Crippen LogP contribution in [-0.2, 0) is 10.0 Å². The molecule has 6 nitrogen and oxygen atoms in total. The van der Waals surface area contributed by atoms with Crippen LogP contribution >= 0.6 is 11.3 Å². The first-order valence-corrected chi connectivity index (χ1v) is 10.4. The smallest absolute Gasteiger partial charge is 0.254 e. The van der Waals surface area contributed by atoms with E-state index in [1.54, 1.807) is 24.3 Å². The first kappa shape index (κ1) is 19.0. The zero-order valence-corrected chi connectivity index (χ0v) is 16.2. The van der Waals surface area contributed by atoms with Crippen LogP contribution < -0.4 is 4.74 Å². The second-order valence-electron chi connectivity index (χ2n) is 5.67. The van der Waals surface area contributed by atoms with Gasteiger partial charge in [-0.3, -0.25) is 0 Å². The number of sulfonamides is 1. The van der Waals surface area contributed by atoms with Gasteiger partial charge in [-0.1, -0.05) is 36.4 Å². The Hall–Kier alpha value is -2.73. The van der Waals surface area contributed by atoms with Crippen LogP contribution in [0.3, 0.4) is 0 Å². The predicted molar refractivity (Wildman–Crippen MR) is 104 cm³/mol. The van der Waals surface area contributed by atoms with Gasteiger partial charge in [-0.25, -0.2) is 13.4 Å². The van der Waals surface area contributed by atoms with Crippen molar-refractivity contribution in [1.82, 2.24) is 9.29 Å². The Morgan fingerprint density at radius 1 is 1.19 bits per heavy atom. The van der Waals surface area contributed by atoms with Crippen LogP contribution in [0.15, 0.2) is 65.0 Å². The van der Waals surface area contributed by atoms with Crippen molar-refractivity contribution in [2.75, 3.05) is 20.2 Å². The maximum Gasteiger partial charge on any atom is 0.254 e. The molecule has 3 rings (SSSR count). The number of thiazole rings is 1. The van der Waals surface area contributed by atoms with Crippen molar-refractivity contribution in [3.63, 3.8) is 0 Å². The van der Waals surface area contributed by atoms with Crippen molar-refractivity contribution in [3.8, 4) is 22.4 Å². The Kier molecular flexibility index (Phi) is 5.86. The normalized spacial score (nSPS) is 11.3. The third kappa shape index (κ3) is 4.52. The Bertz CT molecular complexity index is 1060. The highest BCUT2D eigenvalue weighted by atomic mass is 32.2. The minimum Gasteiger partial charge on any atom is -0.492 e. The molecule has 0 radical (unpaired) electrons. The number of nitrogens with zero attached hydrogens (tertiary/aromatic N) is 3. The molecule has 27 heavy (non-hydrogen) atoms. The lowest BCUT2D eigenvalue weighted by Gasteiger charge is -2.16. The zero-order chi connectivity index (χ0) is 19.3. The van der Waals surface area contributed by atoms with Crippen LogP contribution in [0.4, 0.5) is 0 Å². The fourth-order valence-corrected chi connectivity index (χ4v) is 4.82. The summed E-state index contributed by atoms with van der Waals surface area (Å²) in [4.78, 5) is 4.23. The molecule has 0 spiro atoms. The van der Waals surface area contributed by atoms with Crippen LogP contribution in [0.5, 0.6) is 5.75 Å². The van der Waals surface area contributed by atoms with E-state index in [4.69, 9.17) is 10.00 Å². The molecule has 2 aromatic carbocycles. The zero-order valence-electron chi connectivity index (χ0n) is 14.6. The van der Waals surface area contributed by atoms with Gasteiger partial charge < -0.3 is 4.74 Å². The van der Waals surface area contributed by atoms with E-state index in [1.165, 1.54) is 17.5 Å². The van der Waals surface area contributed by atoms with Crippen molar-refractivity contribution in [3.05, 3.63) is 66.4 Å². The second kappa shape index (κ2) is 8.31. The predicted octanol–water partition coefficient (Wildman–Crippen LogP) is 3.38. The Morgan fingerprint density at radius 3 is 2.70 bits per heavy atom. The van der Waals surface area contributed by atoms with E-state index in [0.717, 1.165) is 16.9 Å². The maximum absolute atomic E-state index is 12.7. The summed E-state index contributed by atoms with van der Waals surface area (Å²) < 4.78 is 32.4. The van der Waals surface area contributed by atoms with Crippen molar-refractivity contribution in [2.24, 2.45) is 0 Å². The van der Waals surface area contributed by atoms with E-state index in [9.17, 15) is 8.42 Å². The van der Waals surface area contributed by atoms with Gasteiger partial charge in [0.25, 0.3) is 10.0 Å². The first-order valence-electron chi connectivity index (χ1n) is 8.11. The number of ether oxygens (including phenoxy) is 1. The average molecular weight is 399 g/mol. The lowest BCUT2D eigenvalue weighted by Crippen LogP contribution is -2.30. The summed E-state index contributed by atoms with van der Waals surface area (Å²) >= 11 is 1.14. The number of nitriles is 1. The molecule has 138 valence electrons. The largest absolute Gasteiger partial charge is 0.492 e. The molecule has 0 saturated carbocycles. The van der Waals surface area contributed by atoms with Crippen molar-refractivity contribution < 1.29 is 13.2 Å². The number of rotatable bonds is 7. The molecule has 0 bridgehead atoms. The average Bonchev–Trinajstić information content (AvgIpc) is 3.20. The molecule has 0 unspecified atom stereocenters. The monoisotopic (exact) mass is 399 g/mol. The molecule has 0 aliphatic heterocycles. The van der Waals surface area contributed by atoms with Gasteiger partial charge in [0.1, 0.15) is 17.4 Å². The lowest BCUT2D eigenvalue weighted by molar-refractivity contribution is 0.287.